The molecule has 6 rings (SSSR count). The van der Waals surface area contributed by atoms with Gasteiger partial charge in [0.1, 0.15) is 29.5 Å². The van der Waals surface area contributed by atoms with Gasteiger partial charge in [-0.15, -0.1) is 0 Å². The van der Waals surface area contributed by atoms with Gasteiger partial charge in [-0.05, 0) is 37.3 Å². The number of benzene rings is 1. The van der Waals surface area contributed by atoms with Crippen molar-refractivity contribution in [2.75, 3.05) is 0 Å². The number of rotatable bonds is 8. The Morgan fingerprint density at radius 2 is 1.40 bits per heavy atom. The lowest BCUT2D eigenvalue weighted by molar-refractivity contribution is -0.391. The summed E-state index contributed by atoms with van der Waals surface area (Å²) in [5.74, 6) is -6.62. The molecule has 47 heavy (non-hydrogen) atoms. The lowest BCUT2D eigenvalue weighted by Crippen LogP contribution is -2.80. The maximum Gasteiger partial charge on any atom is 0.303 e. The van der Waals surface area contributed by atoms with Gasteiger partial charge in [-0.3, -0.25) is 19.2 Å². The van der Waals surface area contributed by atoms with Crippen LogP contribution in [-0.2, 0) is 54.2 Å². The van der Waals surface area contributed by atoms with Gasteiger partial charge in [0.15, 0.2) is 11.7 Å². The highest BCUT2D eigenvalue weighted by atomic mass is 16.7. The molecule has 13 atom stereocenters. The Labute approximate surface area is 274 Å². The van der Waals surface area contributed by atoms with Gasteiger partial charge in [-0.2, -0.15) is 0 Å². The zero-order chi connectivity index (χ0) is 34.9. The third-order valence-electron chi connectivity index (χ3n) is 11.0. The summed E-state index contributed by atoms with van der Waals surface area (Å²) in [6.45, 7) is 15.7. The molecule has 2 saturated heterocycles. The summed E-state index contributed by atoms with van der Waals surface area (Å²) < 4.78 is 37.5. The van der Waals surface area contributed by atoms with E-state index in [1.165, 1.54) is 27.7 Å². The minimum Gasteiger partial charge on any atom is -0.459 e. The van der Waals surface area contributed by atoms with E-state index < -0.39 is 100 Å². The molecule has 3 saturated carbocycles. The van der Waals surface area contributed by atoms with Crippen LogP contribution in [-0.4, -0.2) is 87.0 Å². The lowest BCUT2D eigenvalue weighted by Gasteiger charge is -2.62. The van der Waals surface area contributed by atoms with Crippen LogP contribution in [0.3, 0.4) is 0 Å². The molecule has 5 aliphatic rings. The van der Waals surface area contributed by atoms with E-state index in [0.717, 1.165) is 5.56 Å². The maximum atomic E-state index is 13.5. The number of ether oxygens (including phenoxy) is 6. The second-order valence-corrected chi connectivity index (χ2v) is 14.0. The predicted molar refractivity (Wildman–Crippen MR) is 164 cm³/mol. The maximum absolute atomic E-state index is 13.5. The predicted octanol–water partition coefficient (Wildman–Crippen LogP) is 2.80. The van der Waals surface area contributed by atoms with Crippen LogP contribution in [0.4, 0.5) is 0 Å². The SMILES string of the molecule is C=C(C)[C@@]1(OCc2ccccc2)[C@H](OC(C)=O)[C@@H]2[C@H](OC(C)=O)[C@@]3(C)O[C@@]4(C(C[C@H](C)[C@@H]4O)[C@@]2(O)[C@H](C)[C@@H]1OC(C)=O)[C@@H]3OC(C)=O. The summed E-state index contributed by atoms with van der Waals surface area (Å²) in [5.41, 5.74) is -6.02. The van der Waals surface area contributed by atoms with Crippen molar-refractivity contribution in [3.8, 4) is 0 Å². The van der Waals surface area contributed by atoms with Crippen molar-refractivity contribution < 1.29 is 57.8 Å². The van der Waals surface area contributed by atoms with Gasteiger partial charge >= 0.3 is 23.9 Å². The van der Waals surface area contributed by atoms with Gasteiger partial charge in [0.2, 0.25) is 0 Å². The monoisotopic (exact) mass is 658 g/mol. The molecule has 1 aromatic rings. The van der Waals surface area contributed by atoms with Crippen molar-refractivity contribution in [2.45, 2.75) is 121 Å². The molecule has 2 N–H and O–H groups in total. The number of esters is 4. The zero-order valence-corrected chi connectivity index (χ0v) is 28.2. The summed E-state index contributed by atoms with van der Waals surface area (Å²) in [7, 11) is 0. The van der Waals surface area contributed by atoms with Crippen LogP contribution in [0.2, 0.25) is 0 Å². The molecule has 1 unspecified atom stereocenters. The van der Waals surface area contributed by atoms with Crippen molar-refractivity contribution in [3.05, 3.63) is 48.0 Å². The Morgan fingerprint density at radius 3 is 1.94 bits per heavy atom. The molecule has 3 aliphatic carbocycles. The number of aliphatic hydroxyl groups is 2. The van der Waals surface area contributed by atoms with Crippen molar-refractivity contribution in [3.63, 3.8) is 0 Å². The van der Waals surface area contributed by atoms with Crippen LogP contribution < -0.4 is 0 Å². The van der Waals surface area contributed by atoms with E-state index in [9.17, 15) is 29.4 Å². The van der Waals surface area contributed by atoms with Crippen molar-refractivity contribution in [1.82, 2.24) is 0 Å². The normalized spacial score (nSPS) is 43.2. The van der Waals surface area contributed by atoms with Crippen molar-refractivity contribution in [2.24, 2.45) is 23.7 Å². The third kappa shape index (κ3) is 5.01. The molecule has 258 valence electrons. The summed E-state index contributed by atoms with van der Waals surface area (Å²) in [5, 5.41) is 25.2. The van der Waals surface area contributed by atoms with E-state index in [2.05, 4.69) is 6.58 Å². The quantitative estimate of drug-likeness (QED) is 0.239. The Balaban J connectivity index is 1.84. The van der Waals surface area contributed by atoms with E-state index in [1.54, 1.807) is 27.7 Å². The van der Waals surface area contributed by atoms with E-state index >= 15 is 0 Å². The number of aliphatic hydroxyl groups excluding tert-OH is 1. The fourth-order valence-corrected chi connectivity index (χ4v) is 9.34. The highest BCUT2D eigenvalue weighted by molar-refractivity contribution is 5.69. The molecule has 1 spiro atoms. The Kier molecular flexibility index (Phi) is 8.92. The van der Waals surface area contributed by atoms with E-state index in [0.29, 0.717) is 5.57 Å². The molecule has 0 amide bonds. The van der Waals surface area contributed by atoms with Crippen molar-refractivity contribution in [1.29, 1.82) is 0 Å². The smallest absolute Gasteiger partial charge is 0.303 e. The van der Waals surface area contributed by atoms with Crippen LogP contribution in [0.5, 0.6) is 0 Å². The van der Waals surface area contributed by atoms with Crippen LogP contribution >= 0.6 is 0 Å². The molecular formula is C35H46O12. The summed E-state index contributed by atoms with van der Waals surface area (Å²) in [6.07, 6.45) is -6.41. The number of hydrogen-bond acceptors (Lipinski definition) is 12. The largest absolute Gasteiger partial charge is 0.459 e. The van der Waals surface area contributed by atoms with Gasteiger partial charge in [-0.25, -0.2) is 0 Å². The molecule has 2 bridgehead atoms. The molecule has 1 aromatic carbocycles. The first-order valence-corrected chi connectivity index (χ1v) is 16.0. The topological polar surface area (TPSA) is 164 Å². The third-order valence-corrected chi connectivity index (χ3v) is 11.0. The first kappa shape index (κ1) is 35.0. The molecule has 0 radical (unpaired) electrons. The van der Waals surface area contributed by atoms with Gasteiger partial charge in [0.05, 0.1) is 24.2 Å². The first-order chi connectivity index (χ1) is 21.9. The summed E-state index contributed by atoms with van der Waals surface area (Å²) in [4.78, 5) is 51.4. The summed E-state index contributed by atoms with van der Waals surface area (Å²) in [6, 6.07) is 9.18. The molecular weight excluding hydrogens is 612 g/mol. The number of carbonyl (C=O) groups is 4. The molecule has 2 heterocycles. The minimum absolute atomic E-state index is 0.0354. The molecule has 0 aromatic heterocycles. The lowest BCUT2D eigenvalue weighted by atomic mass is 9.52. The summed E-state index contributed by atoms with van der Waals surface area (Å²) >= 11 is 0. The zero-order valence-electron chi connectivity index (χ0n) is 28.2. The molecule has 12 nitrogen and oxygen atoms in total. The first-order valence-electron chi connectivity index (χ1n) is 16.0. The van der Waals surface area contributed by atoms with Crippen molar-refractivity contribution >= 4 is 23.9 Å². The Hall–Kier alpha value is -3.32. The molecule has 12 heteroatoms. The van der Waals surface area contributed by atoms with Gasteiger partial charge in [0, 0.05) is 39.5 Å². The van der Waals surface area contributed by atoms with E-state index in [1.807, 2.05) is 30.3 Å². The van der Waals surface area contributed by atoms with Crippen LogP contribution in [0.1, 0.15) is 67.4 Å². The standard InChI is InChI=1S/C35H46O12/c1-17(2)34(42-16-24-13-11-10-12-14-24)28(43-20(5)36)19(4)33(41)25-15-18(3)27(40)35(25)31(46-23(8)39)32(9,47-35)29(44-21(6)37)26(33)30(34)45-22(7)38/h10-14,18-19,25-31,40-41H,1,15-16H2,2-9H3/t18-,19+,25?,26-,27-,28-,29-,30+,31+,32+,33-,34-,35+/m0/s1. The highest BCUT2D eigenvalue weighted by Crippen LogP contribution is 2.70. The van der Waals surface area contributed by atoms with Crippen LogP contribution in [0.25, 0.3) is 0 Å². The van der Waals surface area contributed by atoms with Gasteiger partial charge in [0.25, 0.3) is 0 Å². The number of hydrogen-bond donors (Lipinski definition) is 2. The van der Waals surface area contributed by atoms with Gasteiger partial charge < -0.3 is 38.6 Å². The average Bonchev–Trinajstić information content (AvgIpc) is 3.18. The van der Waals surface area contributed by atoms with E-state index in [4.69, 9.17) is 28.4 Å². The van der Waals surface area contributed by atoms with Crippen LogP contribution in [0.15, 0.2) is 42.5 Å². The van der Waals surface area contributed by atoms with E-state index in [-0.39, 0.29) is 13.0 Å². The minimum atomic E-state index is -2.03. The molecule has 2 aliphatic heterocycles. The number of carbonyl (C=O) groups excluding carboxylic acids is 4. The van der Waals surface area contributed by atoms with Crippen LogP contribution in [0, 0.1) is 23.7 Å². The highest BCUT2D eigenvalue weighted by Gasteiger charge is 2.88. The second-order valence-electron chi connectivity index (χ2n) is 14.0. The Morgan fingerprint density at radius 1 is 0.872 bits per heavy atom. The molecule has 5 fully saturated rings. The van der Waals surface area contributed by atoms with Gasteiger partial charge in [-0.1, -0.05) is 50.8 Å². The Bertz CT molecular complexity index is 1440. The average molecular weight is 659 g/mol. The second kappa shape index (κ2) is 12.0. The fraction of sp³-hybridized carbons (Fsp3) is 0.657. The fourth-order valence-electron chi connectivity index (χ4n) is 9.34.